The highest BCUT2D eigenvalue weighted by molar-refractivity contribution is 8.00. The third-order valence-electron chi connectivity index (χ3n) is 3.79. The average molecular weight is 316 g/mol. The third-order valence-corrected chi connectivity index (χ3v) is 5.21. The van der Waals surface area contributed by atoms with Crippen molar-refractivity contribution in [3.05, 3.63) is 0 Å². The molecule has 0 bridgehead atoms. The van der Waals surface area contributed by atoms with Crippen LogP contribution in [0.4, 0.5) is 4.79 Å². The lowest BCUT2D eigenvalue weighted by atomic mass is 9.84. The number of hydrogen-bond acceptors (Lipinski definition) is 4. The number of carbonyl (C=O) groups is 3. The molecule has 0 radical (unpaired) electrons. The van der Waals surface area contributed by atoms with Crippen LogP contribution in [0.2, 0.25) is 0 Å². The van der Waals surface area contributed by atoms with Crippen molar-refractivity contribution in [2.24, 2.45) is 5.41 Å². The molecule has 21 heavy (non-hydrogen) atoms. The number of hydrogen-bond donors (Lipinski definition) is 3. The van der Waals surface area contributed by atoms with Gasteiger partial charge in [-0.1, -0.05) is 20.3 Å². The van der Waals surface area contributed by atoms with Gasteiger partial charge in [-0.15, -0.1) is 0 Å². The minimum absolute atomic E-state index is 0.000388. The molecule has 7 heteroatoms. The van der Waals surface area contributed by atoms with E-state index in [9.17, 15) is 14.4 Å². The van der Waals surface area contributed by atoms with Crippen LogP contribution in [0.15, 0.2) is 0 Å². The molecule has 0 unspecified atom stereocenters. The number of rotatable bonds is 7. The topological polar surface area (TPSA) is 95.5 Å². The second-order valence-corrected chi connectivity index (χ2v) is 7.66. The van der Waals surface area contributed by atoms with Crippen LogP contribution in [0.5, 0.6) is 0 Å². The fourth-order valence-electron chi connectivity index (χ4n) is 2.39. The molecule has 1 aliphatic carbocycles. The Balaban J connectivity index is 2.33. The van der Waals surface area contributed by atoms with Gasteiger partial charge in [0.2, 0.25) is 5.91 Å². The van der Waals surface area contributed by atoms with Crippen molar-refractivity contribution in [3.63, 3.8) is 0 Å². The van der Waals surface area contributed by atoms with Crippen LogP contribution in [0.25, 0.3) is 0 Å². The van der Waals surface area contributed by atoms with Crippen molar-refractivity contribution in [1.82, 2.24) is 10.6 Å². The highest BCUT2D eigenvalue weighted by Crippen LogP contribution is 2.42. The van der Waals surface area contributed by atoms with Gasteiger partial charge in [-0.25, -0.2) is 4.79 Å². The first-order chi connectivity index (χ1) is 9.68. The van der Waals surface area contributed by atoms with E-state index in [1.54, 1.807) is 25.6 Å². The van der Waals surface area contributed by atoms with Gasteiger partial charge in [0.25, 0.3) is 0 Å². The van der Waals surface area contributed by atoms with Crippen molar-refractivity contribution >= 4 is 29.7 Å². The summed E-state index contributed by atoms with van der Waals surface area (Å²) < 4.78 is 0.114. The summed E-state index contributed by atoms with van der Waals surface area (Å²) in [4.78, 5) is 34.1. The molecule has 0 aliphatic heterocycles. The summed E-state index contributed by atoms with van der Waals surface area (Å²) >= 11 is 1.74. The van der Waals surface area contributed by atoms with Gasteiger partial charge in [0.1, 0.15) is 0 Å². The molecular weight excluding hydrogens is 292 g/mol. The summed E-state index contributed by atoms with van der Waals surface area (Å²) in [6, 6.07) is -0.508. The third kappa shape index (κ3) is 5.95. The summed E-state index contributed by atoms with van der Waals surface area (Å²) in [7, 11) is 0. The Morgan fingerprint density at radius 1 is 1.24 bits per heavy atom. The molecule has 1 rings (SSSR count). The molecule has 0 heterocycles. The van der Waals surface area contributed by atoms with E-state index in [1.165, 1.54) is 6.42 Å². The standard InChI is InChI=1S/C14H24N2O4S/c1-13(2,8-11(18)19)7-10(17)16-12(20)15-9-14(21-3)5-4-6-14/h4-9H2,1-3H3,(H,18,19)(H2,15,16,17,20). The van der Waals surface area contributed by atoms with Crippen LogP contribution >= 0.6 is 11.8 Å². The van der Waals surface area contributed by atoms with Gasteiger partial charge >= 0.3 is 12.0 Å². The highest BCUT2D eigenvalue weighted by Gasteiger charge is 2.36. The Labute approximate surface area is 129 Å². The Bertz CT molecular complexity index is 414. The van der Waals surface area contributed by atoms with E-state index >= 15 is 0 Å². The van der Waals surface area contributed by atoms with Crippen molar-refractivity contribution < 1.29 is 19.5 Å². The summed E-state index contributed by atoms with van der Waals surface area (Å²) in [5, 5.41) is 13.8. The molecule has 1 fully saturated rings. The number of aliphatic carboxylic acids is 1. The van der Waals surface area contributed by atoms with E-state index in [4.69, 9.17) is 5.11 Å². The van der Waals surface area contributed by atoms with Gasteiger partial charge in [-0.05, 0) is 24.5 Å². The van der Waals surface area contributed by atoms with Crippen molar-refractivity contribution in [3.8, 4) is 0 Å². The van der Waals surface area contributed by atoms with E-state index in [-0.39, 0.29) is 17.6 Å². The molecule has 0 aromatic heterocycles. The van der Waals surface area contributed by atoms with Crippen LogP contribution in [-0.4, -0.2) is 40.6 Å². The molecule has 0 spiro atoms. The maximum atomic E-state index is 11.8. The Morgan fingerprint density at radius 3 is 2.29 bits per heavy atom. The Hall–Kier alpha value is -1.24. The highest BCUT2D eigenvalue weighted by atomic mass is 32.2. The van der Waals surface area contributed by atoms with Crippen LogP contribution in [0.3, 0.4) is 0 Å². The number of carbonyl (C=O) groups excluding carboxylic acids is 2. The minimum Gasteiger partial charge on any atom is -0.481 e. The lowest BCUT2D eigenvalue weighted by molar-refractivity contribution is -0.139. The average Bonchev–Trinajstić information content (AvgIpc) is 2.24. The number of imide groups is 1. The number of carboxylic acids is 1. The number of amides is 3. The smallest absolute Gasteiger partial charge is 0.321 e. The second kappa shape index (κ2) is 7.15. The summed E-state index contributed by atoms with van der Waals surface area (Å²) in [6.45, 7) is 3.93. The molecule has 3 amide bonds. The fourth-order valence-corrected chi connectivity index (χ4v) is 3.30. The normalized spacial score (nSPS) is 16.7. The van der Waals surface area contributed by atoms with Gasteiger partial charge in [0.15, 0.2) is 0 Å². The van der Waals surface area contributed by atoms with Gasteiger partial charge in [-0.3, -0.25) is 14.9 Å². The van der Waals surface area contributed by atoms with Crippen molar-refractivity contribution in [2.45, 2.75) is 50.7 Å². The maximum absolute atomic E-state index is 11.8. The van der Waals surface area contributed by atoms with Gasteiger partial charge in [0.05, 0.1) is 6.42 Å². The van der Waals surface area contributed by atoms with Gasteiger partial charge < -0.3 is 10.4 Å². The van der Waals surface area contributed by atoms with E-state index in [2.05, 4.69) is 10.6 Å². The van der Waals surface area contributed by atoms with E-state index in [0.717, 1.165) is 12.8 Å². The zero-order valence-electron chi connectivity index (χ0n) is 12.8. The van der Waals surface area contributed by atoms with Crippen molar-refractivity contribution in [1.29, 1.82) is 0 Å². The molecule has 0 aromatic carbocycles. The molecule has 120 valence electrons. The van der Waals surface area contributed by atoms with Crippen LogP contribution in [-0.2, 0) is 9.59 Å². The first-order valence-electron chi connectivity index (χ1n) is 7.03. The lowest BCUT2D eigenvalue weighted by Gasteiger charge is -2.40. The molecule has 0 saturated heterocycles. The predicted molar refractivity (Wildman–Crippen MR) is 82.3 cm³/mol. The monoisotopic (exact) mass is 316 g/mol. The van der Waals surface area contributed by atoms with Crippen LogP contribution in [0.1, 0.15) is 46.0 Å². The molecule has 0 aromatic rings. The molecular formula is C14H24N2O4S. The lowest BCUT2D eigenvalue weighted by Crippen LogP contribution is -2.49. The number of urea groups is 1. The van der Waals surface area contributed by atoms with E-state index < -0.39 is 23.3 Å². The SMILES string of the molecule is CSC1(CNC(=O)NC(=O)CC(C)(C)CC(=O)O)CCC1. The molecule has 0 atom stereocenters. The molecule has 1 aliphatic rings. The molecule has 6 nitrogen and oxygen atoms in total. The fraction of sp³-hybridized carbons (Fsp3) is 0.786. The van der Waals surface area contributed by atoms with E-state index in [0.29, 0.717) is 6.54 Å². The Morgan fingerprint density at radius 2 is 1.86 bits per heavy atom. The zero-order chi connectivity index (χ0) is 16.1. The summed E-state index contributed by atoms with van der Waals surface area (Å²) in [6.07, 6.45) is 5.24. The van der Waals surface area contributed by atoms with Crippen molar-refractivity contribution in [2.75, 3.05) is 12.8 Å². The first kappa shape index (κ1) is 17.8. The summed E-state index contributed by atoms with van der Waals surface area (Å²) in [5.41, 5.74) is -0.676. The predicted octanol–water partition coefficient (Wildman–Crippen LogP) is 1.99. The number of nitrogens with one attached hydrogen (secondary N) is 2. The first-order valence-corrected chi connectivity index (χ1v) is 8.25. The maximum Gasteiger partial charge on any atom is 0.321 e. The number of thioether (sulfide) groups is 1. The zero-order valence-corrected chi connectivity index (χ0v) is 13.6. The van der Waals surface area contributed by atoms with Gasteiger partial charge in [-0.2, -0.15) is 11.8 Å². The Kier molecular flexibility index (Phi) is 6.07. The summed E-state index contributed by atoms with van der Waals surface area (Å²) in [5.74, 6) is -1.41. The largest absolute Gasteiger partial charge is 0.481 e. The quantitative estimate of drug-likeness (QED) is 0.667. The van der Waals surface area contributed by atoms with E-state index in [1.807, 2.05) is 6.26 Å². The van der Waals surface area contributed by atoms with Crippen LogP contribution < -0.4 is 10.6 Å². The van der Waals surface area contributed by atoms with Gasteiger partial charge in [0, 0.05) is 17.7 Å². The number of carboxylic acid groups (broad SMARTS) is 1. The van der Waals surface area contributed by atoms with Crippen LogP contribution in [0, 0.1) is 5.41 Å². The molecule has 1 saturated carbocycles. The molecule has 3 N–H and O–H groups in total. The minimum atomic E-state index is -0.954. The second-order valence-electron chi connectivity index (χ2n) is 6.38.